The number of rotatable bonds is 91. The van der Waals surface area contributed by atoms with Crippen LogP contribution in [0.5, 0.6) is 0 Å². The molecule has 2 atom stereocenters. The van der Waals surface area contributed by atoms with Crippen LogP contribution in [0.1, 0.15) is 534 Å². The Kier molecular flexibility index (Phi) is 84.2. The SMILES string of the molecule is CCCCCCCCCCCCCCCCCCCCCCCCCCCCCCCCCCCCCCCCCCC(=O)OC(COC(=O)CCCCCCCCCCCCCCCCCCCCCCCCCCCCCCCCCCCCCCCCC)COP(=O)(O)OCC[N+](C)(C)C. The van der Waals surface area contributed by atoms with Crippen LogP contribution in [-0.4, -0.2) is 74.9 Å². The molecule has 0 amide bonds. The third-order valence-corrected chi connectivity index (χ3v) is 23.4. The summed E-state index contributed by atoms with van der Waals surface area (Å²) in [6.07, 6.45) is 109. The van der Waals surface area contributed by atoms with Gasteiger partial charge in [-0.2, -0.15) is 0 Å². The van der Waals surface area contributed by atoms with E-state index in [2.05, 4.69) is 13.8 Å². The van der Waals surface area contributed by atoms with E-state index in [0.717, 1.165) is 38.5 Å². The third-order valence-electron chi connectivity index (χ3n) is 22.4. The molecule has 0 aliphatic carbocycles. The monoisotopic (exact) mass is 1480 g/mol. The average Bonchev–Trinajstić information content (AvgIpc) is 0.939. The average molecular weight is 1480 g/mol. The fourth-order valence-electron chi connectivity index (χ4n) is 15.2. The minimum atomic E-state index is -4.39. The highest BCUT2D eigenvalue weighted by molar-refractivity contribution is 7.47. The van der Waals surface area contributed by atoms with Gasteiger partial charge in [-0.25, -0.2) is 4.57 Å². The molecule has 1 N–H and O–H groups in total. The fraction of sp³-hybridized carbons (Fsp3) is 0.978. The number of unbranched alkanes of at least 4 members (excludes halogenated alkanes) is 77. The maximum absolute atomic E-state index is 13.0. The number of likely N-dealkylation sites (N-methyl/N-ethyl adjacent to an activating group) is 1. The number of quaternary nitrogens is 1. The van der Waals surface area contributed by atoms with Gasteiger partial charge in [-0.3, -0.25) is 18.6 Å². The standard InChI is InChI=1S/C93H186NO8P/c1-6-8-10-12-14-16-18-20-22-24-26-28-30-32-34-36-38-40-42-44-46-48-50-52-54-56-58-60-62-64-66-68-70-72-74-76-78-80-82-84-86-93(96)102-91(90-101-103(97,98)100-88-87-94(3,4)5)89-99-92(95)85-83-81-79-77-75-73-71-69-67-65-63-61-59-57-55-53-51-49-47-45-43-41-39-37-35-33-31-29-27-25-23-21-19-17-15-13-11-9-7-2/h91H,6-90H2,1-5H3/p+1. The van der Waals surface area contributed by atoms with E-state index < -0.39 is 26.5 Å². The number of nitrogens with zero attached hydrogens (tertiary/aromatic N) is 1. The summed E-state index contributed by atoms with van der Waals surface area (Å²) in [5, 5.41) is 0. The van der Waals surface area contributed by atoms with E-state index in [9.17, 15) is 19.0 Å². The highest BCUT2D eigenvalue weighted by Gasteiger charge is 2.27. The van der Waals surface area contributed by atoms with Crippen LogP contribution in [0.3, 0.4) is 0 Å². The van der Waals surface area contributed by atoms with Crippen molar-refractivity contribution < 1.29 is 42.1 Å². The summed E-state index contributed by atoms with van der Waals surface area (Å²) in [7, 11) is 1.52. The first kappa shape index (κ1) is 102. The molecule has 0 heterocycles. The van der Waals surface area contributed by atoms with E-state index >= 15 is 0 Å². The smallest absolute Gasteiger partial charge is 0.462 e. The molecule has 0 saturated heterocycles. The van der Waals surface area contributed by atoms with Gasteiger partial charge in [0.05, 0.1) is 27.7 Å². The van der Waals surface area contributed by atoms with Gasteiger partial charge in [0.25, 0.3) is 0 Å². The molecule has 0 aromatic heterocycles. The quantitative estimate of drug-likeness (QED) is 0.0278. The van der Waals surface area contributed by atoms with Crippen LogP contribution in [0, 0.1) is 0 Å². The van der Waals surface area contributed by atoms with E-state index in [4.69, 9.17) is 18.5 Å². The van der Waals surface area contributed by atoms with Crippen LogP contribution in [0.25, 0.3) is 0 Å². The molecule has 0 aromatic carbocycles. The van der Waals surface area contributed by atoms with Crippen molar-refractivity contribution in [3.63, 3.8) is 0 Å². The number of hydrogen-bond acceptors (Lipinski definition) is 7. The fourth-order valence-corrected chi connectivity index (χ4v) is 15.9. The van der Waals surface area contributed by atoms with Gasteiger partial charge in [0.1, 0.15) is 19.8 Å². The van der Waals surface area contributed by atoms with Gasteiger partial charge in [-0.1, -0.05) is 508 Å². The second-order valence-corrected chi connectivity index (χ2v) is 35.6. The Balaban J connectivity index is 3.79. The summed E-state index contributed by atoms with van der Waals surface area (Å²) in [4.78, 5) is 36.1. The number of phosphoric acid groups is 1. The van der Waals surface area contributed by atoms with Crippen molar-refractivity contribution in [2.24, 2.45) is 0 Å². The van der Waals surface area contributed by atoms with Crippen LogP contribution in [0.2, 0.25) is 0 Å². The number of carbonyl (C=O) groups is 2. The Labute approximate surface area is 645 Å². The Morgan fingerprint density at radius 3 is 0.621 bits per heavy atom. The molecular weight excluding hydrogens is 1290 g/mol. The Bertz CT molecular complexity index is 1690. The van der Waals surface area contributed by atoms with Gasteiger partial charge in [0.2, 0.25) is 0 Å². The summed E-state index contributed by atoms with van der Waals surface area (Å²) in [5.41, 5.74) is 0. The molecule has 0 spiro atoms. The van der Waals surface area contributed by atoms with Crippen molar-refractivity contribution in [3.05, 3.63) is 0 Å². The lowest BCUT2D eigenvalue weighted by atomic mass is 10.0. The lowest BCUT2D eigenvalue weighted by Crippen LogP contribution is -2.37. The number of esters is 2. The summed E-state index contributed by atoms with van der Waals surface area (Å²) in [6.45, 7) is 4.56. The number of hydrogen-bond donors (Lipinski definition) is 1. The predicted molar refractivity (Wildman–Crippen MR) is 451 cm³/mol. The lowest BCUT2D eigenvalue weighted by molar-refractivity contribution is -0.870. The number of carbonyl (C=O) groups excluding carboxylic acids is 2. The molecule has 0 aromatic rings. The van der Waals surface area contributed by atoms with Crippen LogP contribution < -0.4 is 0 Å². The van der Waals surface area contributed by atoms with Crippen molar-refractivity contribution in [3.8, 4) is 0 Å². The zero-order chi connectivity index (χ0) is 74.7. The molecule has 0 fully saturated rings. The van der Waals surface area contributed by atoms with Gasteiger partial charge < -0.3 is 18.9 Å². The van der Waals surface area contributed by atoms with Crippen molar-refractivity contribution in [1.29, 1.82) is 0 Å². The van der Waals surface area contributed by atoms with Gasteiger partial charge in [0, 0.05) is 12.8 Å². The van der Waals surface area contributed by atoms with Gasteiger partial charge in [0.15, 0.2) is 6.10 Å². The highest BCUT2D eigenvalue weighted by Crippen LogP contribution is 2.43. The molecule has 2 unspecified atom stereocenters. The molecule has 103 heavy (non-hydrogen) atoms. The zero-order valence-electron chi connectivity index (χ0n) is 70.9. The topological polar surface area (TPSA) is 108 Å². The van der Waals surface area contributed by atoms with Crippen molar-refractivity contribution in [1.82, 2.24) is 0 Å². The summed E-state index contributed by atoms with van der Waals surface area (Å²) < 4.78 is 34.9. The molecule has 0 saturated carbocycles. The third kappa shape index (κ3) is 89.8. The van der Waals surface area contributed by atoms with E-state index in [-0.39, 0.29) is 25.6 Å². The van der Waals surface area contributed by atoms with Crippen molar-refractivity contribution in [2.45, 2.75) is 540 Å². The first-order valence-electron chi connectivity index (χ1n) is 47.3. The molecule has 616 valence electrons. The predicted octanol–water partition coefficient (Wildman–Crippen LogP) is 31.9. The Hall–Kier alpha value is -0.990. The first-order valence-corrected chi connectivity index (χ1v) is 48.8. The van der Waals surface area contributed by atoms with Gasteiger partial charge in [-0.05, 0) is 12.8 Å². The van der Waals surface area contributed by atoms with Crippen LogP contribution in [0.15, 0.2) is 0 Å². The minimum Gasteiger partial charge on any atom is -0.462 e. The Morgan fingerprint density at radius 1 is 0.262 bits per heavy atom. The molecular formula is C93H187NO8P+. The minimum absolute atomic E-state index is 0.0380. The molecule has 10 heteroatoms. The Morgan fingerprint density at radius 2 is 0.437 bits per heavy atom. The normalized spacial score (nSPS) is 12.8. The zero-order valence-corrected chi connectivity index (χ0v) is 71.8. The van der Waals surface area contributed by atoms with Crippen LogP contribution in [-0.2, 0) is 32.7 Å². The molecule has 9 nitrogen and oxygen atoms in total. The van der Waals surface area contributed by atoms with Gasteiger partial charge >= 0.3 is 19.8 Å². The molecule has 0 aliphatic rings. The summed E-state index contributed by atoms with van der Waals surface area (Å²) in [5.74, 6) is -0.761. The maximum atomic E-state index is 13.0. The molecule has 0 bridgehead atoms. The van der Waals surface area contributed by atoms with Crippen molar-refractivity contribution >= 4 is 19.8 Å². The van der Waals surface area contributed by atoms with E-state index in [0.29, 0.717) is 17.4 Å². The molecule has 0 rings (SSSR count). The summed E-state index contributed by atoms with van der Waals surface area (Å²) in [6, 6.07) is 0. The van der Waals surface area contributed by atoms with Gasteiger partial charge in [-0.15, -0.1) is 0 Å². The van der Waals surface area contributed by atoms with E-state index in [1.807, 2.05) is 21.1 Å². The summed E-state index contributed by atoms with van der Waals surface area (Å²) >= 11 is 0. The molecule has 0 radical (unpaired) electrons. The number of ether oxygens (including phenoxy) is 2. The maximum Gasteiger partial charge on any atom is 0.472 e. The largest absolute Gasteiger partial charge is 0.472 e. The lowest BCUT2D eigenvalue weighted by Gasteiger charge is -2.24. The van der Waals surface area contributed by atoms with Crippen LogP contribution in [0.4, 0.5) is 0 Å². The van der Waals surface area contributed by atoms with Crippen LogP contribution >= 0.6 is 7.82 Å². The van der Waals surface area contributed by atoms with E-state index in [1.54, 1.807) is 0 Å². The highest BCUT2D eigenvalue weighted by atomic mass is 31.2. The number of phosphoric ester groups is 1. The van der Waals surface area contributed by atoms with E-state index in [1.165, 1.54) is 469 Å². The second-order valence-electron chi connectivity index (χ2n) is 34.1. The first-order chi connectivity index (χ1) is 50.5. The molecule has 0 aliphatic heterocycles. The van der Waals surface area contributed by atoms with Crippen molar-refractivity contribution in [2.75, 3.05) is 47.5 Å². The second kappa shape index (κ2) is 85.0.